The Bertz CT molecular complexity index is 1000. The van der Waals surface area contributed by atoms with Gasteiger partial charge in [0.15, 0.2) is 0 Å². The number of nitrogens with two attached hydrogens (primary N) is 2. The fraction of sp³-hybridized carbons (Fsp3) is 0.375. The highest BCUT2D eigenvalue weighted by molar-refractivity contribution is 5.90. The quantitative estimate of drug-likeness (QED) is 0.381. The third kappa shape index (κ3) is 7.87. The van der Waals surface area contributed by atoms with E-state index in [9.17, 15) is 23.9 Å². The fourth-order valence-corrected chi connectivity index (χ4v) is 3.28. The lowest BCUT2D eigenvalue weighted by Crippen LogP contribution is -2.51. The Balaban J connectivity index is 1.93. The van der Waals surface area contributed by atoms with Crippen LogP contribution in [0.1, 0.15) is 37.5 Å². The predicted octanol–water partition coefficient (Wildman–Crippen LogP) is 1.03. The highest BCUT2D eigenvalue weighted by Gasteiger charge is 2.23. The zero-order valence-corrected chi connectivity index (χ0v) is 19.0. The standard InChI is InChI=1S/C24H31FN4O4/c1-24(2,3)17-10-15(6-9-20(17)30)12-19(22(27)32)29-21(31)13-28-23(33)18(26)11-14-4-7-16(25)8-5-14/h4-10,18-19,30H,11-13,26H2,1-3H3,(H2,27,32)(H,28,33)(H,29,31)/t18-,19-/m0/s1. The van der Waals surface area contributed by atoms with Crippen LogP contribution in [0.4, 0.5) is 4.39 Å². The van der Waals surface area contributed by atoms with Gasteiger partial charge < -0.3 is 27.2 Å². The lowest BCUT2D eigenvalue weighted by Gasteiger charge is -2.22. The molecule has 3 amide bonds. The van der Waals surface area contributed by atoms with E-state index < -0.39 is 29.8 Å². The van der Waals surface area contributed by atoms with Gasteiger partial charge in [0.2, 0.25) is 17.7 Å². The van der Waals surface area contributed by atoms with Crippen LogP contribution in [0.3, 0.4) is 0 Å². The highest BCUT2D eigenvalue weighted by atomic mass is 19.1. The second kappa shape index (κ2) is 10.9. The number of phenols is 1. The molecule has 0 aliphatic heterocycles. The lowest BCUT2D eigenvalue weighted by molar-refractivity contribution is -0.129. The number of aromatic hydroxyl groups is 1. The summed E-state index contributed by atoms with van der Waals surface area (Å²) in [5.74, 6) is -2.13. The Morgan fingerprint density at radius 1 is 1.03 bits per heavy atom. The van der Waals surface area contributed by atoms with Gasteiger partial charge in [-0.3, -0.25) is 14.4 Å². The van der Waals surface area contributed by atoms with Gasteiger partial charge in [0.1, 0.15) is 17.6 Å². The predicted molar refractivity (Wildman–Crippen MR) is 123 cm³/mol. The number of halogens is 1. The van der Waals surface area contributed by atoms with Crippen molar-refractivity contribution in [3.8, 4) is 5.75 Å². The van der Waals surface area contributed by atoms with E-state index in [0.717, 1.165) is 0 Å². The zero-order chi connectivity index (χ0) is 24.8. The maximum Gasteiger partial charge on any atom is 0.240 e. The van der Waals surface area contributed by atoms with Crippen LogP contribution in [-0.4, -0.2) is 41.5 Å². The van der Waals surface area contributed by atoms with E-state index in [4.69, 9.17) is 11.5 Å². The first-order chi connectivity index (χ1) is 15.4. The lowest BCUT2D eigenvalue weighted by atomic mass is 9.85. The molecule has 0 saturated heterocycles. The molecular weight excluding hydrogens is 427 g/mol. The van der Waals surface area contributed by atoms with Crippen molar-refractivity contribution in [1.82, 2.24) is 10.6 Å². The van der Waals surface area contributed by atoms with Crippen LogP contribution in [-0.2, 0) is 32.6 Å². The van der Waals surface area contributed by atoms with Gasteiger partial charge >= 0.3 is 0 Å². The highest BCUT2D eigenvalue weighted by Crippen LogP contribution is 2.31. The summed E-state index contributed by atoms with van der Waals surface area (Å²) >= 11 is 0. The summed E-state index contributed by atoms with van der Waals surface area (Å²) in [4.78, 5) is 36.4. The van der Waals surface area contributed by atoms with Crippen molar-refractivity contribution in [2.45, 2.75) is 51.1 Å². The number of primary amides is 1. The SMILES string of the molecule is CC(C)(C)c1cc(C[C@H](NC(=O)CNC(=O)[C@@H](N)Cc2ccc(F)cc2)C(N)=O)ccc1O. The monoisotopic (exact) mass is 458 g/mol. The molecule has 2 aromatic rings. The van der Waals surface area contributed by atoms with Crippen molar-refractivity contribution in [3.63, 3.8) is 0 Å². The van der Waals surface area contributed by atoms with E-state index in [1.54, 1.807) is 18.2 Å². The Labute approximate surface area is 192 Å². The van der Waals surface area contributed by atoms with Gasteiger partial charge in [0, 0.05) is 6.42 Å². The number of benzene rings is 2. The van der Waals surface area contributed by atoms with Gasteiger partial charge in [0.25, 0.3) is 0 Å². The van der Waals surface area contributed by atoms with Crippen molar-refractivity contribution < 1.29 is 23.9 Å². The molecule has 0 saturated carbocycles. The Morgan fingerprint density at radius 2 is 1.64 bits per heavy atom. The van der Waals surface area contributed by atoms with Crippen LogP contribution in [0, 0.1) is 5.82 Å². The van der Waals surface area contributed by atoms with E-state index >= 15 is 0 Å². The number of hydrogen-bond donors (Lipinski definition) is 5. The van der Waals surface area contributed by atoms with Crippen molar-refractivity contribution in [2.24, 2.45) is 11.5 Å². The number of carbonyl (C=O) groups excluding carboxylic acids is 3. The number of carbonyl (C=O) groups is 3. The fourth-order valence-electron chi connectivity index (χ4n) is 3.28. The molecular formula is C24H31FN4O4. The molecule has 2 aromatic carbocycles. The van der Waals surface area contributed by atoms with E-state index in [-0.39, 0.29) is 36.4 Å². The number of amides is 3. The van der Waals surface area contributed by atoms with E-state index in [1.165, 1.54) is 24.3 Å². The molecule has 9 heteroatoms. The smallest absolute Gasteiger partial charge is 0.240 e. The molecule has 0 spiro atoms. The number of nitrogens with one attached hydrogen (secondary N) is 2. The molecule has 0 radical (unpaired) electrons. The molecule has 2 rings (SSSR count). The van der Waals surface area contributed by atoms with Crippen LogP contribution in [0.15, 0.2) is 42.5 Å². The molecule has 0 aliphatic carbocycles. The molecule has 0 fully saturated rings. The minimum absolute atomic E-state index is 0.127. The average molecular weight is 459 g/mol. The molecule has 0 unspecified atom stereocenters. The summed E-state index contributed by atoms with van der Waals surface area (Å²) < 4.78 is 13.0. The first-order valence-corrected chi connectivity index (χ1v) is 10.6. The largest absolute Gasteiger partial charge is 0.508 e. The van der Waals surface area contributed by atoms with Gasteiger partial charge in [-0.1, -0.05) is 45.0 Å². The summed E-state index contributed by atoms with van der Waals surface area (Å²) in [7, 11) is 0. The first-order valence-electron chi connectivity index (χ1n) is 10.6. The Morgan fingerprint density at radius 3 is 2.21 bits per heavy atom. The molecule has 0 heterocycles. The first kappa shape index (κ1) is 25.8. The van der Waals surface area contributed by atoms with Crippen molar-refractivity contribution in [3.05, 3.63) is 65.0 Å². The summed E-state index contributed by atoms with van der Waals surface area (Å²) in [6, 6.07) is 8.64. The van der Waals surface area contributed by atoms with Gasteiger partial charge in [-0.2, -0.15) is 0 Å². The molecule has 8 nitrogen and oxygen atoms in total. The van der Waals surface area contributed by atoms with Crippen molar-refractivity contribution in [1.29, 1.82) is 0 Å². The molecule has 0 aromatic heterocycles. The molecule has 33 heavy (non-hydrogen) atoms. The minimum Gasteiger partial charge on any atom is -0.508 e. The average Bonchev–Trinajstić information content (AvgIpc) is 2.73. The second-order valence-corrected chi connectivity index (χ2v) is 8.98. The number of hydrogen-bond acceptors (Lipinski definition) is 5. The van der Waals surface area contributed by atoms with Crippen LogP contribution < -0.4 is 22.1 Å². The maximum atomic E-state index is 13.0. The van der Waals surface area contributed by atoms with Crippen LogP contribution in [0.25, 0.3) is 0 Å². The van der Waals surface area contributed by atoms with Gasteiger partial charge in [-0.05, 0) is 46.7 Å². The minimum atomic E-state index is -1.00. The Kier molecular flexibility index (Phi) is 8.53. The normalized spacial score (nSPS) is 13.1. The van der Waals surface area contributed by atoms with Gasteiger partial charge in [-0.25, -0.2) is 4.39 Å². The topological polar surface area (TPSA) is 148 Å². The molecule has 7 N–H and O–H groups in total. The zero-order valence-electron chi connectivity index (χ0n) is 19.0. The third-order valence-corrected chi connectivity index (χ3v) is 5.12. The second-order valence-electron chi connectivity index (χ2n) is 8.98. The maximum absolute atomic E-state index is 13.0. The van der Waals surface area contributed by atoms with Gasteiger partial charge in [0.05, 0.1) is 12.6 Å². The Hall–Kier alpha value is -3.46. The van der Waals surface area contributed by atoms with Gasteiger partial charge in [-0.15, -0.1) is 0 Å². The number of rotatable bonds is 9. The summed E-state index contributed by atoms with van der Waals surface area (Å²) in [5.41, 5.74) is 13.1. The van der Waals surface area contributed by atoms with Crippen LogP contribution >= 0.6 is 0 Å². The molecule has 2 atom stereocenters. The molecule has 178 valence electrons. The van der Waals surface area contributed by atoms with Crippen molar-refractivity contribution in [2.75, 3.05) is 6.54 Å². The number of phenolic OH excluding ortho intramolecular Hbond substituents is 1. The van der Waals surface area contributed by atoms with E-state index in [1.807, 2.05) is 20.8 Å². The molecule has 0 aliphatic rings. The van der Waals surface area contributed by atoms with Crippen LogP contribution in [0.5, 0.6) is 5.75 Å². The molecule has 0 bridgehead atoms. The third-order valence-electron chi connectivity index (χ3n) is 5.12. The van der Waals surface area contributed by atoms with E-state index in [0.29, 0.717) is 16.7 Å². The summed E-state index contributed by atoms with van der Waals surface area (Å²) in [6.45, 7) is 5.45. The summed E-state index contributed by atoms with van der Waals surface area (Å²) in [6.07, 6.45) is 0.303. The summed E-state index contributed by atoms with van der Waals surface area (Å²) in [5, 5.41) is 15.0. The van der Waals surface area contributed by atoms with Crippen LogP contribution in [0.2, 0.25) is 0 Å². The van der Waals surface area contributed by atoms with Crippen molar-refractivity contribution >= 4 is 17.7 Å². The van der Waals surface area contributed by atoms with E-state index in [2.05, 4.69) is 10.6 Å².